The third kappa shape index (κ3) is 3.81. The Balaban J connectivity index is 2.05. The summed E-state index contributed by atoms with van der Waals surface area (Å²) in [6.45, 7) is 7.84. The highest BCUT2D eigenvalue weighted by Gasteiger charge is 2.13. The molecule has 0 aliphatic rings. The quantitative estimate of drug-likeness (QED) is 0.877. The largest absolute Gasteiger partial charge is 0.486 e. The molecule has 3 nitrogen and oxygen atoms in total. The summed E-state index contributed by atoms with van der Waals surface area (Å²) in [4.78, 5) is 6.02. The molecule has 0 saturated carbocycles. The Morgan fingerprint density at radius 3 is 2.55 bits per heavy atom. The summed E-state index contributed by atoms with van der Waals surface area (Å²) in [6, 6.07) is 8.12. The molecule has 2 rings (SSSR count). The first-order valence-corrected chi connectivity index (χ1v) is 7.74. The van der Waals surface area contributed by atoms with Gasteiger partial charge in [0.1, 0.15) is 17.4 Å². The second kappa shape index (κ2) is 6.86. The number of hydrogen-bond donors (Lipinski definition) is 1. The molecule has 0 amide bonds. The van der Waals surface area contributed by atoms with Gasteiger partial charge in [-0.25, -0.2) is 4.98 Å². The van der Waals surface area contributed by atoms with E-state index in [-0.39, 0.29) is 0 Å². The zero-order valence-electron chi connectivity index (χ0n) is 12.6. The van der Waals surface area contributed by atoms with Crippen molar-refractivity contribution in [1.29, 1.82) is 0 Å². The van der Waals surface area contributed by atoms with E-state index in [1.54, 1.807) is 11.3 Å². The van der Waals surface area contributed by atoms with E-state index in [0.29, 0.717) is 12.5 Å². The Labute approximate surface area is 125 Å². The van der Waals surface area contributed by atoms with Gasteiger partial charge in [0.15, 0.2) is 0 Å². The second-order valence-corrected chi connectivity index (χ2v) is 6.37. The molecule has 0 atom stereocenters. The molecule has 1 aromatic carbocycles. The maximum Gasteiger partial charge on any atom is 0.140 e. The summed E-state index contributed by atoms with van der Waals surface area (Å²) < 4.78 is 5.80. The fourth-order valence-corrected chi connectivity index (χ4v) is 3.14. The summed E-state index contributed by atoms with van der Waals surface area (Å²) in [5, 5.41) is 4.24. The number of aromatic nitrogens is 1. The van der Waals surface area contributed by atoms with Crippen LogP contribution < -0.4 is 10.1 Å². The van der Waals surface area contributed by atoms with Crippen LogP contribution >= 0.6 is 11.3 Å². The van der Waals surface area contributed by atoms with Crippen molar-refractivity contribution in [3.63, 3.8) is 0 Å². The van der Waals surface area contributed by atoms with Crippen LogP contribution in [-0.4, -0.2) is 12.0 Å². The molecule has 0 aliphatic heterocycles. The van der Waals surface area contributed by atoms with E-state index in [1.165, 1.54) is 16.1 Å². The molecule has 108 valence electrons. The molecule has 0 spiro atoms. The number of nitrogens with zero attached hydrogens (tertiary/aromatic N) is 1. The van der Waals surface area contributed by atoms with E-state index < -0.39 is 0 Å². The average molecular weight is 290 g/mol. The smallest absolute Gasteiger partial charge is 0.140 e. The van der Waals surface area contributed by atoms with Gasteiger partial charge in [0, 0.05) is 11.4 Å². The maximum absolute atomic E-state index is 5.80. The van der Waals surface area contributed by atoms with Gasteiger partial charge >= 0.3 is 0 Å². The van der Waals surface area contributed by atoms with Crippen LogP contribution in [0.2, 0.25) is 0 Å². The normalized spacial score (nSPS) is 11.1. The van der Waals surface area contributed by atoms with Gasteiger partial charge in [-0.15, -0.1) is 11.3 Å². The Kier molecular flexibility index (Phi) is 5.15. The van der Waals surface area contributed by atoms with Gasteiger partial charge in [0.25, 0.3) is 0 Å². The molecule has 4 heteroatoms. The van der Waals surface area contributed by atoms with Crippen molar-refractivity contribution in [2.24, 2.45) is 0 Å². The van der Waals surface area contributed by atoms with E-state index in [0.717, 1.165) is 17.3 Å². The minimum atomic E-state index is 0.447. The first-order valence-electron chi connectivity index (χ1n) is 6.92. The van der Waals surface area contributed by atoms with Crippen molar-refractivity contribution in [3.8, 4) is 5.75 Å². The Hall–Kier alpha value is -1.39. The fourth-order valence-electron chi connectivity index (χ4n) is 1.99. The van der Waals surface area contributed by atoms with Crippen molar-refractivity contribution in [2.45, 2.75) is 39.8 Å². The number of aryl methyl sites for hydroxylation is 1. The molecule has 0 saturated heterocycles. The lowest BCUT2D eigenvalue weighted by atomic mass is 10.1. The van der Waals surface area contributed by atoms with Crippen LogP contribution in [0.15, 0.2) is 24.3 Å². The Bertz CT molecular complexity index is 546. The van der Waals surface area contributed by atoms with Crippen LogP contribution in [-0.2, 0) is 13.2 Å². The summed E-state index contributed by atoms with van der Waals surface area (Å²) >= 11 is 1.74. The second-order valence-electron chi connectivity index (χ2n) is 5.20. The van der Waals surface area contributed by atoms with Crippen molar-refractivity contribution in [2.75, 3.05) is 7.05 Å². The number of benzene rings is 1. The average Bonchev–Trinajstić information content (AvgIpc) is 2.82. The first kappa shape index (κ1) is 15.0. The van der Waals surface area contributed by atoms with E-state index in [2.05, 4.69) is 38.2 Å². The fraction of sp³-hybridized carbons (Fsp3) is 0.438. The molecule has 0 fully saturated rings. The van der Waals surface area contributed by atoms with Crippen molar-refractivity contribution in [1.82, 2.24) is 10.3 Å². The molecular weight excluding hydrogens is 268 g/mol. The van der Waals surface area contributed by atoms with Crippen LogP contribution in [0, 0.1) is 6.92 Å². The molecule has 0 aliphatic carbocycles. The van der Waals surface area contributed by atoms with E-state index in [9.17, 15) is 0 Å². The van der Waals surface area contributed by atoms with Crippen molar-refractivity contribution in [3.05, 3.63) is 45.4 Å². The Morgan fingerprint density at radius 2 is 1.95 bits per heavy atom. The minimum absolute atomic E-state index is 0.447. The molecule has 0 bridgehead atoms. The number of ether oxygens (including phenoxy) is 1. The third-order valence-electron chi connectivity index (χ3n) is 3.04. The highest BCUT2D eigenvalue weighted by molar-refractivity contribution is 7.11. The summed E-state index contributed by atoms with van der Waals surface area (Å²) in [7, 11) is 1.96. The minimum Gasteiger partial charge on any atom is -0.486 e. The highest BCUT2D eigenvalue weighted by atomic mass is 32.1. The van der Waals surface area contributed by atoms with Crippen LogP contribution in [0.25, 0.3) is 0 Å². The maximum atomic E-state index is 5.80. The van der Waals surface area contributed by atoms with Crippen LogP contribution in [0.5, 0.6) is 5.75 Å². The van der Waals surface area contributed by atoms with Crippen LogP contribution in [0.1, 0.15) is 40.9 Å². The van der Waals surface area contributed by atoms with E-state index >= 15 is 0 Å². The molecule has 1 N–H and O–H groups in total. The topological polar surface area (TPSA) is 34.1 Å². The van der Waals surface area contributed by atoms with Gasteiger partial charge in [-0.05, 0) is 32.0 Å². The van der Waals surface area contributed by atoms with Gasteiger partial charge in [0.05, 0.1) is 5.69 Å². The van der Waals surface area contributed by atoms with Gasteiger partial charge in [-0.1, -0.05) is 31.5 Å². The zero-order chi connectivity index (χ0) is 14.5. The highest BCUT2D eigenvalue weighted by Crippen LogP contribution is 2.26. The van der Waals surface area contributed by atoms with Gasteiger partial charge in [0.2, 0.25) is 0 Å². The molecule has 1 aromatic heterocycles. The molecule has 20 heavy (non-hydrogen) atoms. The van der Waals surface area contributed by atoms with Crippen LogP contribution in [0.3, 0.4) is 0 Å². The number of thiazole rings is 1. The summed E-state index contributed by atoms with van der Waals surface area (Å²) in [5.41, 5.74) is 2.43. The predicted molar refractivity (Wildman–Crippen MR) is 84.5 cm³/mol. The zero-order valence-corrected chi connectivity index (χ0v) is 13.4. The van der Waals surface area contributed by atoms with Crippen LogP contribution in [0.4, 0.5) is 0 Å². The lowest BCUT2D eigenvalue weighted by Gasteiger charge is -2.04. The van der Waals surface area contributed by atoms with Gasteiger partial charge in [-0.2, -0.15) is 0 Å². The standard InChI is InChI=1S/C16H22N2OS/c1-11(2)16-14(9-17-4)20-15(18-16)10-19-13-7-5-12(3)6-8-13/h5-8,11,17H,9-10H2,1-4H3. The van der Waals surface area contributed by atoms with Crippen molar-refractivity contribution >= 4 is 11.3 Å². The van der Waals surface area contributed by atoms with E-state index in [1.807, 2.05) is 19.2 Å². The number of rotatable bonds is 6. The number of hydrogen-bond acceptors (Lipinski definition) is 4. The predicted octanol–water partition coefficient (Wildman–Crippen LogP) is 3.87. The van der Waals surface area contributed by atoms with Gasteiger partial charge in [-0.3, -0.25) is 0 Å². The lowest BCUT2D eigenvalue weighted by Crippen LogP contribution is -2.06. The van der Waals surface area contributed by atoms with Crippen molar-refractivity contribution < 1.29 is 4.74 Å². The lowest BCUT2D eigenvalue weighted by molar-refractivity contribution is 0.305. The molecule has 2 aromatic rings. The third-order valence-corrected chi connectivity index (χ3v) is 4.08. The summed E-state index contributed by atoms with van der Waals surface area (Å²) in [5.74, 6) is 1.34. The van der Waals surface area contributed by atoms with E-state index in [4.69, 9.17) is 9.72 Å². The summed E-state index contributed by atoms with van der Waals surface area (Å²) in [6.07, 6.45) is 0. The number of nitrogens with one attached hydrogen (secondary N) is 1. The SMILES string of the molecule is CNCc1sc(COc2ccc(C)cc2)nc1C(C)C. The van der Waals surface area contributed by atoms with Gasteiger partial charge < -0.3 is 10.1 Å². The Morgan fingerprint density at radius 1 is 1.25 bits per heavy atom. The first-order chi connectivity index (χ1) is 9.60. The molecular formula is C16H22N2OS. The monoisotopic (exact) mass is 290 g/mol. The molecule has 0 unspecified atom stereocenters. The molecule has 1 heterocycles. The molecule has 0 radical (unpaired) electrons.